The number of unbranched alkanes of at least 4 members (excludes halogenated alkanes) is 1. The van der Waals surface area contributed by atoms with Crippen molar-refractivity contribution in [2.24, 2.45) is 5.73 Å². The van der Waals surface area contributed by atoms with Crippen molar-refractivity contribution in [3.8, 4) is 6.07 Å². The Bertz CT molecular complexity index is 449. The zero-order valence-electron chi connectivity index (χ0n) is 9.77. The summed E-state index contributed by atoms with van der Waals surface area (Å²) in [5.41, 5.74) is 4.83. The van der Waals surface area contributed by atoms with Crippen LogP contribution >= 0.6 is 11.8 Å². The summed E-state index contributed by atoms with van der Waals surface area (Å²) in [6.07, 6.45) is 4.01. The van der Waals surface area contributed by atoms with E-state index in [1.165, 1.54) is 24.0 Å². The highest BCUT2D eigenvalue weighted by molar-refractivity contribution is 7.99. The maximum atomic E-state index is 11.0. The van der Waals surface area contributed by atoms with Gasteiger partial charge in [-0.15, -0.1) is 0 Å². The molecule has 0 aromatic carbocycles. The van der Waals surface area contributed by atoms with Crippen molar-refractivity contribution >= 4 is 11.8 Å². The van der Waals surface area contributed by atoms with E-state index in [2.05, 4.69) is 16.0 Å². The molecule has 1 aromatic rings. The van der Waals surface area contributed by atoms with Gasteiger partial charge < -0.3 is 10.7 Å². The van der Waals surface area contributed by atoms with E-state index in [-0.39, 0.29) is 5.56 Å². The largest absolute Gasteiger partial charge is 0.314 e. The van der Waals surface area contributed by atoms with Crippen LogP contribution in [0.15, 0.2) is 22.2 Å². The molecule has 0 saturated heterocycles. The molecule has 1 atom stereocenters. The van der Waals surface area contributed by atoms with Crippen LogP contribution in [0.4, 0.5) is 0 Å². The monoisotopic (exact) mass is 252 g/mol. The van der Waals surface area contributed by atoms with E-state index in [0.29, 0.717) is 11.6 Å². The summed E-state index contributed by atoms with van der Waals surface area (Å²) in [5, 5.41) is 9.36. The van der Waals surface area contributed by atoms with Crippen molar-refractivity contribution in [1.29, 1.82) is 5.26 Å². The number of nitrogens with one attached hydrogen (secondary N) is 1. The van der Waals surface area contributed by atoms with E-state index in [9.17, 15) is 4.79 Å². The molecule has 92 valence electrons. The molecular weight excluding hydrogens is 236 g/mol. The summed E-state index contributed by atoms with van der Waals surface area (Å²) in [4.78, 5) is 17.7. The molecule has 17 heavy (non-hydrogen) atoms. The highest BCUT2D eigenvalue weighted by atomic mass is 32.2. The lowest BCUT2D eigenvalue weighted by atomic mass is 9.99. The van der Waals surface area contributed by atoms with Gasteiger partial charge in [-0.25, -0.2) is 4.98 Å². The highest BCUT2D eigenvalue weighted by Crippen LogP contribution is 2.15. The van der Waals surface area contributed by atoms with Crippen LogP contribution < -0.4 is 11.3 Å². The minimum absolute atomic E-state index is 0.137. The first-order valence-corrected chi connectivity index (χ1v) is 6.40. The number of H-pyrrole nitrogens is 1. The predicted molar refractivity (Wildman–Crippen MR) is 67.6 cm³/mol. The number of nitrogens with two attached hydrogens (primary N) is 1. The van der Waals surface area contributed by atoms with Crippen LogP contribution in [0.5, 0.6) is 0 Å². The standard InChI is InChI=1S/C11H16N4OS/c1-11(13,8-12)5-2-3-7-17-10-14-6-4-9(16)15-10/h4,6H,2-3,5,7,13H2,1H3,(H,14,15,16). The summed E-state index contributed by atoms with van der Waals surface area (Å²) in [7, 11) is 0. The fourth-order valence-corrected chi connectivity index (χ4v) is 2.09. The molecule has 0 aliphatic heterocycles. The predicted octanol–water partition coefficient (Wildman–Crippen LogP) is 1.27. The van der Waals surface area contributed by atoms with Gasteiger partial charge >= 0.3 is 0 Å². The molecule has 0 fully saturated rings. The average Bonchev–Trinajstić information content (AvgIpc) is 2.29. The quantitative estimate of drug-likeness (QED) is 0.451. The van der Waals surface area contributed by atoms with Gasteiger partial charge in [0, 0.05) is 18.0 Å². The number of nitriles is 1. The normalized spacial score (nSPS) is 13.9. The Balaban J connectivity index is 2.22. The molecule has 3 N–H and O–H groups in total. The third-order valence-electron chi connectivity index (χ3n) is 2.23. The Morgan fingerprint density at radius 2 is 2.41 bits per heavy atom. The molecule has 6 heteroatoms. The molecule has 0 radical (unpaired) electrons. The number of nitrogens with zero attached hydrogens (tertiary/aromatic N) is 2. The maximum absolute atomic E-state index is 11.0. The SMILES string of the molecule is CC(N)(C#N)CCCCSc1nccc(=O)[nH]1. The molecule has 0 bridgehead atoms. The summed E-state index contributed by atoms with van der Waals surface area (Å²) >= 11 is 1.50. The summed E-state index contributed by atoms with van der Waals surface area (Å²) in [5.74, 6) is 0.856. The second-order valence-corrected chi connectivity index (χ2v) is 5.16. The van der Waals surface area contributed by atoms with E-state index >= 15 is 0 Å². The van der Waals surface area contributed by atoms with E-state index in [1.807, 2.05) is 0 Å². The summed E-state index contributed by atoms with van der Waals surface area (Å²) < 4.78 is 0. The van der Waals surface area contributed by atoms with Crippen molar-refractivity contribution < 1.29 is 0 Å². The lowest BCUT2D eigenvalue weighted by Crippen LogP contribution is -2.33. The number of thioether (sulfide) groups is 1. The molecule has 0 amide bonds. The van der Waals surface area contributed by atoms with Crippen molar-refractivity contribution in [2.75, 3.05) is 5.75 Å². The van der Waals surface area contributed by atoms with E-state index < -0.39 is 5.54 Å². The van der Waals surface area contributed by atoms with E-state index in [1.54, 1.807) is 6.92 Å². The van der Waals surface area contributed by atoms with Gasteiger partial charge in [-0.2, -0.15) is 5.26 Å². The van der Waals surface area contributed by atoms with Crippen molar-refractivity contribution in [3.63, 3.8) is 0 Å². The van der Waals surface area contributed by atoms with Crippen LogP contribution in [0.1, 0.15) is 26.2 Å². The first-order valence-electron chi connectivity index (χ1n) is 5.42. The third kappa shape index (κ3) is 5.52. The Labute approximate surface area is 104 Å². The van der Waals surface area contributed by atoms with Gasteiger partial charge in [-0.05, 0) is 26.2 Å². The van der Waals surface area contributed by atoms with Crippen LogP contribution in [-0.4, -0.2) is 21.3 Å². The van der Waals surface area contributed by atoms with E-state index in [0.717, 1.165) is 18.6 Å². The van der Waals surface area contributed by atoms with Crippen LogP contribution in [0.25, 0.3) is 0 Å². The Morgan fingerprint density at radius 1 is 1.65 bits per heavy atom. The molecule has 1 rings (SSSR count). The Morgan fingerprint density at radius 3 is 3.06 bits per heavy atom. The average molecular weight is 252 g/mol. The van der Waals surface area contributed by atoms with Gasteiger partial charge in [-0.3, -0.25) is 4.79 Å². The number of aromatic nitrogens is 2. The zero-order valence-corrected chi connectivity index (χ0v) is 10.6. The van der Waals surface area contributed by atoms with Crippen molar-refractivity contribution in [2.45, 2.75) is 36.9 Å². The first-order chi connectivity index (χ1) is 8.03. The topological polar surface area (TPSA) is 95.6 Å². The Hall–Kier alpha value is -1.32. The second kappa shape index (κ2) is 6.42. The van der Waals surface area contributed by atoms with Gasteiger partial charge in [-0.1, -0.05) is 11.8 Å². The van der Waals surface area contributed by atoms with Crippen molar-refractivity contribution in [1.82, 2.24) is 9.97 Å². The fraction of sp³-hybridized carbons (Fsp3) is 0.545. The number of hydrogen-bond acceptors (Lipinski definition) is 5. The summed E-state index contributed by atoms with van der Waals surface area (Å²) in [6, 6.07) is 3.45. The van der Waals surface area contributed by atoms with Crippen LogP contribution in [0, 0.1) is 11.3 Å². The van der Waals surface area contributed by atoms with Crippen LogP contribution in [0.3, 0.4) is 0 Å². The molecule has 0 saturated carbocycles. The van der Waals surface area contributed by atoms with Crippen LogP contribution in [0.2, 0.25) is 0 Å². The number of hydrogen-bond donors (Lipinski definition) is 2. The van der Waals surface area contributed by atoms with Gasteiger partial charge in [0.15, 0.2) is 5.16 Å². The molecule has 1 aromatic heterocycles. The van der Waals surface area contributed by atoms with E-state index in [4.69, 9.17) is 11.0 Å². The number of rotatable bonds is 6. The third-order valence-corrected chi connectivity index (χ3v) is 3.21. The molecule has 0 spiro atoms. The smallest absolute Gasteiger partial charge is 0.251 e. The molecule has 1 heterocycles. The van der Waals surface area contributed by atoms with Gasteiger partial charge in [0.2, 0.25) is 0 Å². The lowest BCUT2D eigenvalue weighted by molar-refractivity contribution is 0.518. The van der Waals surface area contributed by atoms with Crippen LogP contribution in [-0.2, 0) is 0 Å². The lowest BCUT2D eigenvalue weighted by Gasteiger charge is -2.14. The molecular formula is C11H16N4OS. The minimum atomic E-state index is -0.732. The van der Waals surface area contributed by atoms with Crippen molar-refractivity contribution in [3.05, 3.63) is 22.6 Å². The van der Waals surface area contributed by atoms with Gasteiger partial charge in [0.25, 0.3) is 5.56 Å². The van der Waals surface area contributed by atoms with Gasteiger partial charge in [0.1, 0.15) is 5.54 Å². The van der Waals surface area contributed by atoms with Gasteiger partial charge in [0.05, 0.1) is 6.07 Å². The Kier molecular flexibility index (Phi) is 5.19. The number of aromatic amines is 1. The summed E-state index contributed by atoms with van der Waals surface area (Å²) in [6.45, 7) is 1.73. The minimum Gasteiger partial charge on any atom is -0.314 e. The molecule has 0 aliphatic rings. The first kappa shape index (κ1) is 13.7. The fourth-order valence-electron chi connectivity index (χ4n) is 1.24. The highest BCUT2D eigenvalue weighted by Gasteiger charge is 2.15. The second-order valence-electron chi connectivity index (χ2n) is 4.07. The molecule has 1 unspecified atom stereocenters. The molecule has 0 aliphatic carbocycles. The zero-order chi connectivity index (χ0) is 12.7. The maximum Gasteiger partial charge on any atom is 0.251 e. The molecule has 5 nitrogen and oxygen atoms in total.